The lowest BCUT2D eigenvalue weighted by atomic mass is 9.91. The number of hydrogen-bond donors (Lipinski definition) is 1. The quantitative estimate of drug-likeness (QED) is 0.805. The Bertz CT molecular complexity index is 484. The summed E-state index contributed by atoms with van der Waals surface area (Å²) in [6.07, 6.45) is -9.33. The van der Waals surface area contributed by atoms with Gasteiger partial charge in [-0.15, -0.1) is 0 Å². The molecule has 0 radical (unpaired) electrons. The summed E-state index contributed by atoms with van der Waals surface area (Å²) >= 11 is 0. The maximum absolute atomic E-state index is 12.9. The number of carbonyl (C=O) groups is 1. The van der Waals surface area contributed by atoms with E-state index in [1.165, 1.54) is 0 Å². The second kappa shape index (κ2) is 5.27. The zero-order valence-corrected chi connectivity index (χ0v) is 11.0. The van der Waals surface area contributed by atoms with E-state index in [0.29, 0.717) is 19.9 Å². The molecule has 1 aliphatic rings. The second-order valence-corrected chi connectivity index (χ2v) is 4.97. The van der Waals surface area contributed by atoms with Crippen molar-refractivity contribution in [3.63, 3.8) is 0 Å². The number of carboxylic acid groups (broad SMARTS) is 1. The maximum atomic E-state index is 12.9. The molecule has 0 bridgehead atoms. The number of alkyl halides is 6. The number of carboxylic acids is 1. The molecule has 0 aromatic heterocycles. The molecule has 0 aromatic carbocycles. The fourth-order valence-corrected chi connectivity index (χ4v) is 1.58. The Labute approximate surface area is 115 Å². The molecule has 120 valence electrons. The molecule has 0 heterocycles. The first-order valence-electron chi connectivity index (χ1n) is 5.72. The Morgan fingerprint density at radius 3 is 2.10 bits per heavy atom. The summed E-state index contributed by atoms with van der Waals surface area (Å²) in [5, 5.41) is 8.68. The molecule has 0 spiro atoms. The minimum absolute atomic E-state index is 0.547. The van der Waals surface area contributed by atoms with Crippen molar-refractivity contribution in [3.8, 4) is 0 Å². The average molecular weight is 318 g/mol. The highest BCUT2D eigenvalue weighted by Gasteiger charge is 2.53. The predicted molar refractivity (Wildman–Crippen MR) is 59.2 cm³/mol. The molecule has 3 nitrogen and oxygen atoms in total. The highest BCUT2D eigenvalue weighted by molar-refractivity contribution is 5.87. The molecule has 1 N–H and O–H groups in total. The van der Waals surface area contributed by atoms with E-state index in [0.717, 1.165) is 6.08 Å². The third-order valence-corrected chi connectivity index (χ3v) is 2.94. The summed E-state index contributed by atoms with van der Waals surface area (Å²) in [6.45, 7) is 1.19. The van der Waals surface area contributed by atoms with Crippen molar-refractivity contribution >= 4 is 5.97 Å². The lowest BCUT2D eigenvalue weighted by Gasteiger charge is -2.34. The highest BCUT2D eigenvalue weighted by atomic mass is 19.4. The molecule has 0 aromatic rings. The first-order chi connectivity index (χ1) is 9.25. The summed E-state index contributed by atoms with van der Waals surface area (Å²) in [4.78, 5) is 10.7. The average Bonchev–Trinajstić information content (AvgIpc) is 2.25. The lowest BCUT2D eigenvalue weighted by molar-refractivity contribution is -0.262. The lowest BCUT2D eigenvalue weighted by Crippen LogP contribution is -2.43. The Balaban J connectivity index is 3.14. The molecule has 0 saturated carbocycles. The topological polar surface area (TPSA) is 46.5 Å². The molecule has 0 aliphatic heterocycles. The summed E-state index contributed by atoms with van der Waals surface area (Å²) in [6, 6.07) is 0. The zero-order chi connectivity index (χ0) is 16.6. The number of aliphatic carboxylic acids is 1. The van der Waals surface area contributed by atoms with Gasteiger partial charge in [-0.05, 0) is 32.4 Å². The number of hydrogen-bond acceptors (Lipinski definition) is 2. The van der Waals surface area contributed by atoms with Crippen molar-refractivity contribution in [2.45, 2.75) is 38.2 Å². The third kappa shape index (κ3) is 3.92. The third-order valence-electron chi connectivity index (χ3n) is 2.94. The van der Waals surface area contributed by atoms with Gasteiger partial charge in [0.1, 0.15) is 11.7 Å². The van der Waals surface area contributed by atoms with Crippen LogP contribution in [0.15, 0.2) is 23.5 Å². The van der Waals surface area contributed by atoms with Crippen molar-refractivity contribution in [1.82, 2.24) is 0 Å². The van der Waals surface area contributed by atoms with Gasteiger partial charge in [-0.2, -0.15) is 26.3 Å². The Hall–Kier alpha value is -1.67. The molecule has 1 rings (SSSR count). The van der Waals surface area contributed by atoms with Crippen LogP contribution in [0.25, 0.3) is 0 Å². The summed E-state index contributed by atoms with van der Waals surface area (Å²) in [7, 11) is 0. The Morgan fingerprint density at radius 2 is 1.71 bits per heavy atom. The predicted octanol–water partition coefficient (Wildman–Crippen LogP) is 3.82. The first kappa shape index (κ1) is 17.4. The van der Waals surface area contributed by atoms with E-state index in [4.69, 9.17) is 5.11 Å². The summed E-state index contributed by atoms with van der Waals surface area (Å²) < 4.78 is 81.1. The van der Waals surface area contributed by atoms with Crippen LogP contribution in [-0.2, 0) is 9.53 Å². The van der Waals surface area contributed by atoms with Crippen molar-refractivity contribution in [2.75, 3.05) is 0 Å². The Kier molecular flexibility index (Phi) is 4.36. The van der Waals surface area contributed by atoms with Crippen molar-refractivity contribution < 1.29 is 41.0 Å². The van der Waals surface area contributed by atoms with Crippen LogP contribution < -0.4 is 0 Å². The van der Waals surface area contributed by atoms with Crippen LogP contribution in [0.2, 0.25) is 0 Å². The largest absolute Gasteiger partial charge is 0.482 e. The van der Waals surface area contributed by atoms with E-state index in [-0.39, 0.29) is 0 Å². The molecule has 1 unspecified atom stereocenters. The SMILES string of the molecule is CC(C)(OC1=CC=C(C(=O)O)CC1C(F)(F)F)C(F)(F)F. The Morgan fingerprint density at radius 1 is 1.19 bits per heavy atom. The molecular weight excluding hydrogens is 306 g/mol. The number of halogens is 6. The minimum Gasteiger partial charge on any atom is -0.482 e. The maximum Gasteiger partial charge on any atom is 0.427 e. The van der Waals surface area contributed by atoms with Crippen LogP contribution in [0.5, 0.6) is 0 Å². The molecule has 0 saturated heterocycles. The summed E-state index contributed by atoms with van der Waals surface area (Å²) in [5.74, 6) is -4.93. The van der Waals surface area contributed by atoms with Gasteiger partial charge >= 0.3 is 18.3 Å². The van der Waals surface area contributed by atoms with Crippen LogP contribution in [0.3, 0.4) is 0 Å². The van der Waals surface area contributed by atoms with Crippen molar-refractivity contribution in [1.29, 1.82) is 0 Å². The molecule has 0 fully saturated rings. The van der Waals surface area contributed by atoms with E-state index in [2.05, 4.69) is 4.74 Å². The van der Waals surface area contributed by atoms with Crippen LogP contribution in [0, 0.1) is 5.92 Å². The van der Waals surface area contributed by atoms with Gasteiger partial charge in [0.25, 0.3) is 0 Å². The monoisotopic (exact) mass is 318 g/mol. The van der Waals surface area contributed by atoms with Gasteiger partial charge in [-0.25, -0.2) is 4.79 Å². The van der Waals surface area contributed by atoms with Crippen LogP contribution in [0.4, 0.5) is 26.3 Å². The van der Waals surface area contributed by atoms with E-state index >= 15 is 0 Å². The molecule has 21 heavy (non-hydrogen) atoms. The summed E-state index contributed by atoms with van der Waals surface area (Å²) in [5.41, 5.74) is -3.37. The smallest absolute Gasteiger partial charge is 0.427 e. The molecule has 0 amide bonds. The molecular formula is C12H12F6O3. The standard InChI is InChI=1S/C12H12F6O3/c1-10(2,12(16,17)18)21-8-4-3-6(9(19)20)5-7(8)11(13,14)15/h3-4,7H,5H2,1-2H3,(H,19,20). The van der Waals surface area contributed by atoms with Gasteiger partial charge < -0.3 is 9.84 Å². The highest BCUT2D eigenvalue weighted by Crippen LogP contribution is 2.43. The fourth-order valence-electron chi connectivity index (χ4n) is 1.58. The molecule has 9 heteroatoms. The van der Waals surface area contributed by atoms with E-state index in [1.807, 2.05) is 0 Å². The van der Waals surface area contributed by atoms with Crippen LogP contribution >= 0.6 is 0 Å². The van der Waals surface area contributed by atoms with E-state index in [1.54, 1.807) is 0 Å². The van der Waals surface area contributed by atoms with Gasteiger partial charge in [-0.3, -0.25) is 0 Å². The van der Waals surface area contributed by atoms with E-state index < -0.39 is 47.6 Å². The van der Waals surface area contributed by atoms with Gasteiger partial charge in [0.05, 0.1) is 0 Å². The second-order valence-electron chi connectivity index (χ2n) is 4.97. The minimum atomic E-state index is -4.91. The fraction of sp³-hybridized carbons (Fsp3) is 0.583. The van der Waals surface area contributed by atoms with Crippen molar-refractivity contribution in [2.24, 2.45) is 5.92 Å². The van der Waals surface area contributed by atoms with Gasteiger partial charge in [0.15, 0.2) is 5.60 Å². The first-order valence-corrected chi connectivity index (χ1v) is 5.72. The number of rotatable bonds is 3. The van der Waals surface area contributed by atoms with Gasteiger partial charge in [-0.1, -0.05) is 0 Å². The van der Waals surface area contributed by atoms with Gasteiger partial charge in [0.2, 0.25) is 0 Å². The molecule has 1 atom stereocenters. The normalized spacial score (nSPS) is 20.7. The zero-order valence-electron chi connectivity index (χ0n) is 11.0. The molecule has 1 aliphatic carbocycles. The van der Waals surface area contributed by atoms with Gasteiger partial charge in [0, 0.05) is 5.57 Å². The number of ether oxygens (including phenoxy) is 1. The van der Waals surface area contributed by atoms with Crippen molar-refractivity contribution in [3.05, 3.63) is 23.5 Å². The van der Waals surface area contributed by atoms with Crippen LogP contribution in [0.1, 0.15) is 20.3 Å². The number of allylic oxidation sites excluding steroid dienone is 3. The van der Waals surface area contributed by atoms with Crippen LogP contribution in [-0.4, -0.2) is 29.0 Å². The van der Waals surface area contributed by atoms with E-state index in [9.17, 15) is 31.1 Å².